The van der Waals surface area contributed by atoms with E-state index < -0.39 is 31.5 Å². The maximum Gasteiger partial charge on any atom is 0.414 e. The number of hydrogen-bond donors (Lipinski definition) is 3. The number of benzene rings is 2. The van der Waals surface area contributed by atoms with Gasteiger partial charge in [0.05, 0.1) is 5.44 Å². The number of amides is 2. The number of guanidine groups is 1. The lowest BCUT2D eigenvalue weighted by Crippen LogP contribution is -2.45. The van der Waals surface area contributed by atoms with Crippen LogP contribution >= 0.6 is 7.92 Å². The summed E-state index contributed by atoms with van der Waals surface area (Å²) in [5.74, 6) is -1.08. The molecule has 2 amide bonds. The molecule has 3 aromatic rings. The van der Waals surface area contributed by atoms with Crippen LogP contribution in [0.3, 0.4) is 0 Å². The Labute approximate surface area is 188 Å². The molecule has 0 unspecified atom stereocenters. The molecule has 0 atom stereocenters. The molecule has 0 bridgehead atoms. The molecule has 2 aromatic carbocycles. The topological polar surface area (TPSA) is 104 Å². The fourth-order valence-corrected chi connectivity index (χ4v) is 5.07. The Hall–Kier alpha value is -3.57. The van der Waals surface area contributed by atoms with E-state index in [4.69, 9.17) is 10.1 Å². The zero-order valence-electron chi connectivity index (χ0n) is 18.1. The number of pyridine rings is 1. The van der Waals surface area contributed by atoms with Crippen LogP contribution in [0.15, 0.2) is 78.9 Å². The van der Waals surface area contributed by atoms with Crippen LogP contribution in [-0.2, 0) is 4.74 Å². The molecule has 3 N–H and O–H groups in total. The Morgan fingerprint density at radius 2 is 1.41 bits per heavy atom. The van der Waals surface area contributed by atoms with Crippen LogP contribution in [0.5, 0.6) is 0 Å². The number of nitrogens with one attached hydrogen (secondary N) is 3. The highest BCUT2D eigenvalue weighted by molar-refractivity contribution is 7.79. The molecule has 0 saturated carbocycles. The quantitative estimate of drug-likeness (QED) is 0.324. The highest BCUT2D eigenvalue weighted by Gasteiger charge is 2.21. The summed E-state index contributed by atoms with van der Waals surface area (Å²) in [5.41, 5.74) is 0.199. The van der Waals surface area contributed by atoms with Gasteiger partial charge in [-0.2, -0.15) is 0 Å². The van der Waals surface area contributed by atoms with Crippen LogP contribution in [0.1, 0.15) is 31.3 Å². The second kappa shape index (κ2) is 10.2. The van der Waals surface area contributed by atoms with Crippen molar-refractivity contribution in [2.24, 2.45) is 0 Å². The lowest BCUT2D eigenvalue weighted by atomic mass is 10.2. The molecule has 0 spiro atoms. The molecule has 0 saturated heterocycles. The number of rotatable bonds is 4. The summed E-state index contributed by atoms with van der Waals surface area (Å²) >= 11 is 0. The fourth-order valence-electron chi connectivity index (χ4n) is 2.86. The van der Waals surface area contributed by atoms with Crippen LogP contribution in [0.25, 0.3) is 0 Å². The van der Waals surface area contributed by atoms with Gasteiger partial charge < -0.3 is 4.74 Å². The minimum absolute atomic E-state index is 0.151. The van der Waals surface area contributed by atoms with Gasteiger partial charge in [0.15, 0.2) is 0 Å². The summed E-state index contributed by atoms with van der Waals surface area (Å²) in [6.45, 7) is 5.13. The van der Waals surface area contributed by atoms with Gasteiger partial charge in [0.25, 0.3) is 5.91 Å². The molecule has 32 heavy (non-hydrogen) atoms. The average molecular weight is 448 g/mol. The zero-order chi connectivity index (χ0) is 23.1. The van der Waals surface area contributed by atoms with Crippen LogP contribution < -0.4 is 26.7 Å². The van der Waals surface area contributed by atoms with Gasteiger partial charge in [-0.25, -0.2) is 9.78 Å². The van der Waals surface area contributed by atoms with Crippen molar-refractivity contribution in [3.63, 3.8) is 0 Å². The number of carbonyl (C=O) groups is 2. The number of ether oxygens (including phenoxy) is 1. The molecule has 0 aliphatic heterocycles. The SMILES string of the molecule is CC(C)(C)OC(=O)NC(=N)NC(=O)c1cccc(P(c2ccccc2)c2ccccc2)n1. The number of alkyl carbamates (subject to hydrolysis) is 1. The zero-order valence-corrected chi connectivity index (χ0v) is 19.0. The second-order valence-electron chi connectivity index (χ2n) is 7.84. The minimum Gasteiger partial charge on any atom is -0.444 e. The van der Waals surface area contributed by atoms with Crippen LogP contribution in [-0.4, -0.2) is 28.5 Å². The van der Waals surface area contributed by atoms with Gasteiger partial charge in [0.1, 0.15) is 11.3 Å². The Balaban J connectivity index is 1.81. The van der Waals surface area contributed by atoms with Crippen molar-refractivity contribution < 1.29 is 14.3 Å². The van der Waals surface area contributed by atoms with Crippen LogP contribution in [0.4, 0.5) is 4.79 Å². The van der Waals surface area contributed by atoms with Crippen molar-refractivity contribution in [3.05, 3.63) is 84.6 Å². The minimum atomic E-state index is -0.971. The predicted octanol–water partition coefficient (Wildman–Crippen LogP) is 3.03. The number of nitrogens with zero attached hydrogens (tertiary/aromatic N) is 1. The summed E-state index contributed by atoms with van der Waals surface area (Å²) in [6.07, 6.45) is -0.818. The molecule has 1 aromatic heterocycles. The number of aromatic nitrogens is 1. The van der Waals surface area contributed by atoms with Gasteiger partial charge in [0, 0.05) is 7.92 Å². The standard InChI is InChI=1S/C24H25N4O3P/c1-24(2,3)31-23(30)28-22(25)27-21(29)19-15-10-16-20(26-19)32(17-11-6-4-7-12-17)18-13-8-5-9-14-18/h4-16H,1-3H3,(H3,25,27,28,29,30). The Kier molecular flexibility index (Phi) is 7.33. The van der Waals surface area contributed by atoms with Gasteiger partial charge in [-0.05, 0) is 43.5 Å². The lowest BCUT2D eigenvalue weighted by molar-refractivity contribution is 0.0561. The van der Waals surface area contributed by atoms with Crippen molar-refractivity contribution in [1.82, 2.24) is 15.6 Å². The van der Waals surface area contributed by atoms with E-state index in [1.54, 1.807) is 32.9 Å². The smallest absolute Gasteiger partial charge is 0.414 e. The van der Waals surface area contributed by atoms with Gasteiger partial charge in [-0.15, -0.1) is 0 Å². The Bertz CT molecular complexity index is 1060. The normalized spacial score (nSPS) is 11.0. The molecule has 7 nitrogen and oxygen atoms in total. The van der Waals surface area contributed by atoms with Crippen molar-refractivity contribution in [2.75, 3.05) is 0 Å². The van der Waals surface area contributed by atoms with E-state index in [0.717, 1.165) is 16.0 Å². The maximum absolute atomic E-state index is 12.7. The first-order chi connectivity index (χ1) is 15.2. The van der Waals surface area contributed by atoms with E-state index >= 15 is 0 Å². The maximum atomic E-state index is 12.7. The van der Waals surface area contributed by atoms with Crippen molar-refractivity contribution in [1.29, 1.82) is 5.41 Å². The third-order valence-electron chi connectivity index (χ3n) is 4.09. The van der Waals surface area contributed by atoms with E-state index in [9.17, 15) is 9.59 Å². The molecule has 0 aliphatic carbocycles. The molecule has 3 rings (SSSR count). The molecule has 0 radical (unpaired) electrons. The van der Waals surface area contributed by atoms with E-state index in [-0.39, 0.29) is 5.69 Å². The second-order valence-corrected chi connectivity index (χ2v) is 10.0. The Morgan fingerprint density at radius 3 is 1.94 bits per heavy atom. The van der Waals surface area contributed by atoms with Gasteiger partial charge >= 0.3 is 6.09 Å². The monoisotopic (exact) mass is 448 g/mol. The third-order valence-corrected chi connectivity index (χ3v) is 6.43. The summed E-state index contributed by atoms with van der Waals surface area (Å²) in [5, 5.41) is 14.6. The predicted molar refractivity (Wildman–Crippen MR) is 128 cm³/mol. The fraction of sp³-hybridized carbons (Fsp3) is 0.167. The lowest BCUT2D eigenvalue weighted by Gasteiger charge is -2.20. The first kappa shape index (κ1) is 23.1. The first-order valence-electron chi connectivity index (χ1n) is 10.00. The highest BCUT2D eigenvalue weighted by Crippen LogP contribution is 2.31. The van der Waals surface area contributed by atoms with Gasteiger partial charge in [-0.3, -0.25) is 20.8 Å². The van der Waals surface area contributed by atoms with E-state index in [1.807, 2.05) is 66.7 Å². The van der Waals surface area contributed by atoms with Gasteiger partial charge in [0.2, 0.25) is 5.96 Å². The number of hydrogen-bond acceptors (Lipinski definition) is 5. The summed E-state index contributed by atoms with van der Waals surface area (Å²) in [7, 11) is -0.971. The molecule has 0 fully saturated rings. The number of carbonyl (C=O) groups excluding carboxylic acids is 2. The first-order valence-corrected chi connectivity index (χ1v) is 11.3. The largest absolute Gasteiger partial charge is 0.444 e. The third kappa shape index (κ3) is 6.46. The highest BCUT2D eigenvalue weighted by atomic mass is 31.1. The van der Waals surface area contributed by atoms with Crippen LogP contribution in [0, 0.1) is 5.41 Å². The van der Waals surface area contributed by atoms with E-state index in [1.165, 1.54) is 0 Å². The van der Waals surface area contributed by atoms with Crippen molar-refractivity contribution in [2.45, 2.75) is 26.4 Å². The van der Waals surface area contributed by atoms with Crippen LogP contribution in [0.2, 0.25) is 0 Å². The summed E-state index contributed by atoms with van der Waals surface area (Å²) in [6, 6.07) is 25.3. The molecule has 8 heteroatoms. The Morgan fingerprint density at radius 1 is 0.844 bits per heavy atom. The van der Waals surface area contributed by atoms with Crippen molar-refractivity contribution >= 4 is 41.9 Å². The molecule has 0 aliphatic rings. The summed E-state index contributed by atoms with van der Waals surface area (Å²) < 4.78 is 5.09. The summed E-state index contributed by atoms with van der Waals surface area (Å²) in [4.78, 5) is 29.1. The molecular formula is C24H25N4O3P. The van der Waals surface area contributed by atoms with Gasteiger partial charge in [-0.1, -0.05) is 66.7 Å². The average Bonchev–Trinajstić information content (AvgIpc) is 2.74. The van der Waals surface area contributed by atoms with E-state index in [0.29, 0.717) is 0 Å². The molecule has 164 valence electrons. The molecule has 1 heterocycles. The molecular weight excluding hydrogens is 423 g/mol. The van der Waals surface area contributed by atoms with Crippen molar-refractivity contribution in [3.8, 4) is 0 Å². The van der Waals surface area contributed by atoms with E-state index in [2.05, 4.69) is 15.6 Å².